The lowest BCUT2D eigenvalue weighted by atomic mass is 10.4. The summed E-state index contributed by atoms with van der Waals surface area (Å²) in [6.07, 6.45) is 1.94. The number of aliphatic hydroxyl groups is 1. The first-order chi connectivity index (χ1) is 8.56. The van der Waals surface area contributed by atoms with Crippen molar-refractivity contribution in [3.63, 3.8) is 0 Å². The fourth-order valence-electron chi connectivity index (χ4n) is 1.25. The third-order valence-corrected chi connectivity index (χ3v) is 4.57. The van der Waals surface area contributed by atoms with Gasteiger partial charge in [-0.05, 0) is 6.42 Å². The number of hydrogen-bond donors (Lipinski definition) is 3. The van der Waals surface area contributed by atoms with Crippen LogP contribution in [-0.2, 0) is 23.1 Å². The lowest BCUT2D eigenvalue weighted by molar-refractivity contribution is 0.278. The molecule has 0 amide bonds. The van der Waals surface area contributed by atoms with Gasteiger partial charge in [0.25, 0.3) is 10.0 Å². The van der Waals surface area contributed by atoms with Crippen molar-refractivity contribution in [2.45, 2.75) is 25.0 Å². The maximum absolute atomic E-state index is 12.0. The van der Waals surface area contributed by atoms with Crippen molar-refractivity contribution in [1.29, 1.82) is 0 Å². The van der Waals surface area contributed by atoms with Crippen molar-refractivity contribution in [1.82, 2.24) is 20.4 Å². The second-order valence-corrected chi connectivity index (χ2v) is 6.02. The molecule has 98 valence electrons. The van der Waals surface area contributed by atoms with E-state index in [0.717, 1.165) is 16.3 Å². The molecule has 10 heteroatoms. The normalized spacial score (nSPS) is 11.7. The highest BCUT2D eigenvalue weighted by Crippen LogP contribution is 2.20. The van der Waals surface area contributed by atoms with Gasteiger partial charge < -0.3 is 5.11 Å². The molecule has 2 rings (SSSR count). The predicted molar refractivity (Wildman–Crippen MR) is 64.6 cm³/mol. The van der Waals surface area contributed by atoms with Crippen LogP contribution in [0.5, 0.6) is 0 Å². The molecular weight excluding hydrogens is 278 g/mol. The van der Waals surface area contributed by atoms with Gasteiger partial charge in [0, 0.05) is 5.56 Å². The molecule has 2 heterocycles. The maximum atomic E-state index is 12.0. The van der Waals surface area contributed by atoms with E-state index >= 15 is 0 Å². The summed E-state index contributed by atoms with van der Waals surface area (Å²) in [6, 6.07) is 0. The Bertz CT molecular complexity index is 633. The fraction of sp³-hybridized carbons (Fsp3) is 0.375. The number of aromatic amines is 1. The van der Waals surface area contributed by atoms with Crippen molar-refractivity contribution >= 4 is 26.5 Å². The van der Waals surface area contributed by atoms with Gasteiger partial charge in [-0.25, -0.2) is 0 Å². The number of sulfonamides is 1. The zero-order valence-electron chi connectivity index (χ0n) is 9.41. The van der Waals surface area contributed by atoms with Gasteiger partial charge in [-0.3, -0.25) is 9.82 Å². The Morgan fingerprint density at radius 3 is 2.89 bits per heavy atom. The Labute approximate surface area is 107 Å². The molecule has 0 saturated carbocycles. The van der Waals surface area contributed by atoms with Gasteiger partial charge in [0.05, 0.1) is 12.8 Å². The zero-order valence-corrected chi connectivity index (χ0v) is 11.0. The monoisotopic (exact) mass is 289 g/mol. The summed E-state index contributed by atoms with van der Waals surface area (Å²) in [5, 5.41) is 23.2. The van der Waals surface area contributed by atoms with Crippen molar-refractivity contribution in [3.8, 4) is 0 Å². The first-order valence-corrected chi connectivity index (χ1v) is 7.35. The van der Waals surface area contributed by atoms with Crippen LogP contribution >= 0.6 is 11.3 Å². The van der Waals surface area contributed by atoms with Crippen molar-refractivity contribution in [3.05, 3.63) is 16.8 Å². The predicted octanol–water partition coefficient (Wildman–Crippen LogP) is 0.117. The number of rotatable bonds is 5. The summed E-state index contributed by atoms with van der Waals surface area (Å²) in [5.41, 5.74) is 0.197. The molecule has 0 aromatic carbocycles. The van der Waals surface area contributed by atoms with Crippen LogP contribution in [0.3, 0.4) is 0 Å². The number of aryl methyl sites for hydroxylation is 1. The molecule has 0 saturated heterocycles. The maximum Gasteiger partial charge on any atom is 0.281 e. The average Bonchev–Trinajstić information content (AvgIpc) is 2.96. The van der Waals surface area contributed by atoms with Crippen molar-refractivity contribution in [2.24, 2.45) is 0 Å². The summed E-state index contributed by atoms with van der Waals surface area (Å²) in [4.78, 5) is 0. The van der Waals surface area contributed by atoms with Crippen LogP contribution in [0.25, 0.3) is 0 Å². The lowest BCUT2D eigenvalue weighted by Gasteiger charge is -2.03. The van der Waals surface area contributed by atoms with Gasteiger partial charge in [0.2, 0.25) is 5.13 Å². The molecular formula is C8H11N5O3S2. The summed E-state index contributed by atoms with van der Waals surface area (Å²) in [7, 11) is -3.83. The largest absolute Gasteiger partial charge is 0.392 e. The number of aliphatic hydroxyl groups excluding tert-OH is 1. The smallest absolute Gasteiger partial charge is 0.281 e. The topological polar surface area (TPSA) is 121 Å². The molecule has 0 aliphatic carbocycles. The summed E-state index contributed by atoms with van der Waals surface area (Å²) in [6.45, 7) is 1.49. The fourth-order valence-corrected chi connectivity index (χ4v) is 3.28. The van der Waals surface area contributed by atoms with Crippen molar-refractivity contribution < 1.29 is 13.5 Å². The van der Waals surface area contributed by atoms with Crippen LogP contribution in [-0.4, -0.2) is 33.9 Å². The van der Waals surface area contributed by atoms with Crippen LogP contribution in [0.4, 0.5) is 5.13 Å². The molecule has 18 heavy (non-hydrogen) atoms. The van der Waals surface area contributed by atoms with E-state index in [1.54, 1.807) is 0 Å². The third kappa shape index (κ3) is 2.49. The Kier molecular flexibility index (Phi) is 3.59. The molecule has 0 fully saturated rings. The number of H-pyrrole nitrogens is 1. The Morgan fingerprint density at radius 2 is 2.28 bits per heavy atom. The molecule has 0 bridgehead atoms. The summed E-state index contributed by atoms with van der Waals surface area (Å²) >= 11 is 1.16. The van der Waals surface area contributed by atoms with E-state index in [0.29, 0.717) is 6.42 Å². The number of aromatic nitrogens is 4. The molecule has 2 aromatic heterocycles. The number of anilines is 1. The molecule has 0 atom stereocenters. The second kappa shape index (κ2) is 5.00. The first-order valence-electron chi connectivity index (χ1n) is 5.05. The van der Waals surface area contributed by atoms with E-state index in [2.05, 4.69) is 25.1 Å². The minimum Gasteiger partial charge on any atom is -0.392 e. The molecule has 0 radical (unpaired) electrons. The highest BCUT2D eigenvalue weighted by molar-refractivity contribution is 7.92. The Hall–Kier alpha value is -1.52. The van der Waals surface area contributed by atoms with Gasteiger partial charge in [-0.15, -0.1) is 10.2 Å². The molecule has 0 aliphatic heterocycles. The zero-order chi connectivity index (χ0) is 13.2. The average molecular weight is 289 g/mol. The minimum absolute atomic E-state index is 0.168. The number of hydrogen-bond acceptors (Lipinski definition) is 7. The molecule has 8 nitrogen and oxygen atoms in total. The van der Waals surface area contributed by atoms with Crippen molar-refractivity contribution in [2.75, 3.05) is 4.72 Å². The molecule has 2 aromatic rings. The van der Waals surface area contributed by atoms with Gasteiger partial charge in [-0.1, -0.05) is 18.3 Å². The molecule has 0 spiro atoms. The van der Waals surface area contributed by atoms with Crippen LogP contribution in [0.2, 0.25) is 0 Å². The van der Waals surface area contributed by atoms with E-state index in [1.165, 1.54) is 6.20 Å². The Balaban J connectivity index is 2.27. The van der Waals surface area contributed by atoms with E-state index in [4.69, 9.17) is 5.11 Å². The van der Waals surface area contributed by atoms with Gasteiger partial charge >= 0.3 is 0 Å². The second-order valence-electron chi connectivity index (χ2n) is 3.34. The molecule has 0 aliphatic rings. The SMILES string of the molecule is CCc1nnc(NS(=O)(=O)c2[nH]ncc2CO)s1. The highest BCUT2D eigenvalue weighted by Gasteiger charge is 2.22. The van der Waals surface area contributed by atoms with Crippen LogP contribution in [0.1, 0.15) is 17.5 Å². The van der Waals surface area contributed by atoms with Gasteiger partial charge in [0.1, 0.15) is 5.01 Å². The van der Waals surface area contributed by atoms with E-state index < -0.39 is 16.6 Å². The standard InChI is InChI=1S/C8H11N5O3S2/c1-2-6-10-12-8(17-6)13-18(15,16)7-5(4-14)3-9-11-7/h3,14H,2,4H2,1H3,(H,9,11)(H,12,13). The van der Waals surface area contributed by atoms with E-state index in [9.17, 15) is 8.42 Å². The lowest BCUT2D eigenvalue weighted by Crippen LogP contribution is -2.15. The van der Waals surface area contributed by atoms with Crippen LogP contribution in [0.15, 0.2) is 11.2 Å². The highest BCUT2D eigenvalue weighted by atomic mass is 32.2. The van der Waals surface area contributed by atoms with Gasteiger partial charge in [-0.2, -0.15) is 13.5 Å². The molecule has 0 unspecified atom stereocenters. The Morgan fingerprint density at radius 1 is 1.50 bits per heavy atom. The third-order valence-electron chi connectivity index (χ3n) is 2.11. The van der Waals surface area contributed by atoms with Crippen LogP contribution in [0, 0.1) is 0 Å². The first kappa shape index (κ1) is 12.9. The minimum atomic E-state index is -3.83. The quantitative estimate of drug-likeness (QED) is 0.718. The summed E-state index contributed by atoms with van der Waals surface area (Å²) in [5.74, 6) is 0. The van der Waals surface area contributed by atoms with E-state index in [-0.39, 0.29) is 15.7 Å². The van der Waals surface area contributed by atoms with Gasteiger partial charge in [0.15, 0.2) is 5.03 Å². The summed E-state index contributed by atoms with van der Waals surface area (Å²) < 4.78 is 26.3. The number of nitrogens with one attached hydrogen (secondary N) is 2. The molecule has 3 N–H and O–H groups in total. The van der Waals surface area contributed by atoms with Crippen LogP contribution < -0.4 is 4.72 Å². The number of nitrogens with zero attached hydrogens (tertiary/aromatic N) is 3. The van der Waals surface area contributed by atoms with E-state index in [1.807, 2.05) is 6.92 Å².